The van der Waals surface area contributed by atoms with Crippen molar-refractivity contribution < 1.29 is 19.1 Å². The Morgan fingerprint density at radius 1 is 1.37 bits per heavy atom. The van der Waals surface area contributed by atoms with Crippen LogP contribution in [0, 0.1) is 6.92 Å². The van der Waals surface area contributed by atoms with Crippen LogP contribution in [0.4, 0.5) is 0 Å². The number of aromatic nitrogens is 5. The van der Waals surface area contributed by atoms with E-state index in [1.807, 2.05) is 0 Å². The van der Waals surface area contributed by atoms with Gasteiger partial charge in [-0.15, -0.1) is 26.6 Å². The number of rotatable bonds is 7. The predicted molar refractivity (Wildman–Crippen MR) is 113 cm³/mol. The molecular weight excluding hydrogens is 478 g/mol. The Balaban J connectivity index is 1.99. The number of halogens is 2. The number of hydrogen-bond acceptors (Lipinski definition) is 7. The first-order valence-electron chi connectivity index (χ1n) is 8.89. The predicted octanol–water partition coefficient (Wildman–Crippen LogP) is 3.80. The van der Waals surface area contributed by atoms with E-state index in [1.54, 1.807) is 39.2 Å². The Kier molecular flexibility index (Phi) is 6.57. The highest BCUT2D eigenvalue weighted by Gasteiger charge is 2.25. The number of tetrazole rings is 1. The summed E-state index contributed by atoms with van der Waals surface area (Å²) in [5.74, 6) is 0.318. The molecule has 158 valence electrons. The summed E-state index contributed by atoms with van der Waals surface area (Å²) in [4.78, 5) is 28.7. The molecule has 2 heterocycles. The summed E-state index contributed by atoms with van der Waals surface area (Å²) in [7, 11) is 1.55. The second-order valence-electron chi connectivity index (χ2n) is 6.43. The number of alkyl halides is 1. The van der Waals surface area contributed by atoms with Gasteiger partial charge in [0.15, 0.2) is 5.78 Å². The van der Waals surface area contributed by atoms with Gasteiger partial charge in [0.1, 0.15) is 5.75 Å². The normalized spacial score (nSPS) is 11.9. The number of carbonyl (C=O) groups excluding carboxylic acids is 2. The number of H-pyrrole nitrogens is 1. The number of aromatic amines is 1. The Morgan fingerprint density at radius 2 is 2.10 bits per heavy atom. The number of ketones is 1. The van der Waals surface area contributed by atoms with Crippen LogP contribution in [-0.4, -0.2) is 44.1 Å². The van der Waals surface area contributed by atoms with Gasteiger partial charge in [0.25, 0.3) is 0 Å². The van der Waals surface area contributed by atoms with Crippen molar-refractivity contribution in [3.8, 4) is 17.3 Å². The molecule has 0 saturated carbocycles. The summed E-state index contributed by atoms with van der Waals surface area (Å²) in [5, 5.41) is 12.2. The average molecular weight is 497 g/mol. The number of ether oxygens (including phenoxy) is 2. The number of methoxy groups -OCH3 is 1. The fourth-order valence-corrected chi connectivity index (χ4v) is 3.75. The molecule has 1 unspecified atom stereocenters. The minimum atomic E-state index is -0.718. The fraction of sp³-hybridized carbons (Fsp3) is 0.316. The lowest BCUT2D eigenvalue weighted by Crippen LogP contribution is -2.15. The third kappa shape index (κ3) is 4.24. The monoisotopic (exact) mass is 495 g/mol. The van der Waals surface area contributed by atoms with Crippen LogP contribution in [0.2, 0.25) is 0 Å². The van der Waals surface area contributed by atoms with Crippen LogP contribution in [0.1, 0.15) is 47.3 Å². The van der Waals surface area contributed by atoms with Gasteiger partial charge in [0.05, 0.1) is 23.2 Å². The van der Waals surface area contributed by atoms with E-state index in [9.17, 15) is 9.59 Å². The Hall–Kier alpha value is -2.72. The summed E-state index contributed by atoms with van der Waals surface area (Å²) in [6.07, 6.45) is -0.718. The number of nitrogens with zero attached hydrogens (tertiary/aromatic N) is 4. The Labute approximate surface area is 185 Å². The molecule has 3 aromatic rings. The molecule has 0 aliphatic carbocycles. The van der Waals surface area contributed by atoms with Gasteiger partial charge >= 0.3 is 5.97 Å². The minimum Gasteiger partial charge on any atom is -0.496 e. The molecule has 0 aliphatic heterocycles. The largest absolute Gasteiger partial charge is 0.496 e. The number of nitrogens with one attached hydrogen (secondary N) is 1. The van der Waals surface area contributed by atoms with Crippen molar-refractivity contribution in [2.45, 2.75) is 32.9 Å². The molecule has 1 N–H and O–H groups in total. The Morgan fingerprint density at radius 3 is 2.70 bits per heavy atom. The van der Waals surface area contributed by atoms with E-state index < -0.39 is 12.2 Å². The molecule has 1 aromatic carbocycles. The lowest BCUT2D eigenvalue weighted by molar-refractivity contribution is -0.151. The number of carbonyl (C=O) groups is 2. The van der Waals surface area contributed by atoms with E-state index in [0.717, 1.165) is 0 Å². The molecule has 30 heavy (non-hydrogen) atoms. The van der Waals surface area contributed by atoms with Gasteiger partial charge in [-0.1, -0.05) is 0 Å². The van der Waals surface area contributed by atoms with Gasteiger partial charge in [-0.2, -0.15) is 0 Å². The zero-order chi connectivity index (χ0) is 22.0. The first-order valence-corrected chi connectivity index (χ1v) is 10.2. The van der Waals surface area contributed by atoms with E-state index in [2.05, 4.69) is 36.3 Å². The third-order valence-electron chi connectivity index (χ3n) is 4.42. The quantitative estimate of drug-likeness (QED) is 0.301. The highest BCUT2D eigenvalue weighted by Crippen LogP contribution is 2.31. The summed E-state index contributed by atoms with van der Waals surface area (Å²) in [6, 6.07) is 5.09. The SMILES string of the molecule is COc1ccc(C(=O)c2c(CCl)[nH]c(-c3nnn(C(C)OC(C)=O)n3)c2C)cc1Br. The van der Waals surface area contributed by atoms with Crippen molar-refractivity contribution in [3.63, 3.8) is 0 Å². The molecule has 0 saturated heterocycles. The lowest BCUT2D eigenvalue weighted by atomic mass is 9.99. The first kappa shape index (κ1) is 22.0. The van der Waals surface area contributed by atoms with Crippen LogP contribution >= 0.6 is 27.5 Å². The van der Waals surface area contributed by atoms with Gasteiger partial charge in [-0.3, -0.25) is 9.59 Å². The highest BCUT2D eigenvalue weighted by molar-refractivity contribution is 9.10. The van der Waals surface area contributed by atoms with Crippen LogP contribution < -0.4 is 4.74 Å². The van der Waals surface area contributed by atoms with Crippen LogP contribution in [-0.2, 0) is 15.4 Å². The summed E-state index contributed by atoms with van der Waals surface area (Å²) >= 11 is 9.50. The van der Waals surface area contributed by atoms with Crippen LogP contribution in [0.5, 0.6) is 5.75 Å². The minimum absolute atomic E-state index is 0.0945. The van der Waals surface area contributed by atoms with Crippen molar-refractivity contribution in [1.29, 1.82) is 0 Å². The molecule has 9 nitrogen and oxygen atoms in total. The van der Waals surface area contributed by atoms with Crippen molar-refractivity contribution >= 4 is 39.3 Å². The van der Waals surface area contributed by atoms with Crippen LogP contribution in [0.25, 0.3) is 11.5 Å². The van der Waals surface area contributed by atoms with Crippen molar-refractivity contribution in [2.75, 3.05) is 7.11 Å². The molecule has 1 atom stereocenters. The maximum absolute atomic E-state index is 13.2. The summed E-state index contributed by atoms with van der Waals surface area (Å²) in [6.45, 7) is 4.70. The molecule has 0 fully saturated rings. The molecular formula is C19H19BrClN5O4. The lowest BCUT2D eigenvalue weighted by Gasteiger charge is -2.08. The van der Waals surface area contributed by atoms with Gasteiger partial charge in [-0.05, 0) is 58.8 Å². The molecule has 3 rings (SSSR count). The maximum Gasteiger partial charge on any atom is 0.304 e. The number of hydrogen-bond donors (Lipinski definition) is 1. The van der Waals surface area contributed by atoms with Crippen molar-refractivity contribution in [3.05, 3.63) is 45.1 Å². The maximum atomic E-state index is 13.2. The van der Waals surface area contributed by atoms with Crippen molar-refractivity contribution in [1.82, 2.24) is 25.2 Å². The highest BCUT2D eigenvalue weighted by atomic mass is 79.9. The standard InChI is InChI=1S/C19H19BrClN5O4/c1-9-16(18(28)12-5-6-15(29-4)13(20)7-12)14(8-21)22-17(9)19-23-25-26(24-19)10(2)30-11(3)27/h5-7,10,22H,8H2,1-4H3. The zero-order valence-electron chi connectivity index (χ0n) is 16.7. The topological polar surface area (TPSA) is 112 Å². The Bertz CT molecular complexity index is 1110. The van der Waals surface area contributed by atoms with Crippen LogP contribution in [0.15, 0.2) is 22.7 Å². The fourth-order valence-electron chi connectivity index (χ4n) is 3.01. The number of esters is 1. The average Bonchev–Trinajstić information content (AvgIpc) is 3.31. The van der Waals surface area contributed by atoms with E-state index in [1.165, 1.54) is 11.7 Å². The first-order chi connectivity index (χ1) is 14.3. The van der Waals surface area contributed by atoms with Gasteiger partial charge in [-0.25, -0.2) is 0 Å². The third-order valence-corrected chi connectivity index (χ3v) is 5.30. The van der Waals surface area contributed by atoms with E-state index >= 15 is 0 Å². The second kappa shape index (κ2) is 8.97. The van der Waals surface area contributed by atoms with Gasteiger partial charge in [0, 0.05) is 23.7 Å². The second-order valence-corrected chi connectivity index (χ2v) is 7.55. The van der Waals surface area contributed by atoms with E-state index in [0.29, 0.717) is 38.3 Å². The molecule has 0 aliphatic rings. The van der Waals surface area contributed by atoms with E-state index in [-0.39, 0.29) is 17.5 Å². The zero-order valence-corrected chi connectivity index (χ0v) is 19.0. The molecule has 11 heteroatoms. The number of benzene rings is 1. The summed E-state index contributed by atoms with van der Waals surface area (Å²) in [5.41, 5.74) is 2.62. The molecule has 2 aromatic heterocycles. The van der Waals surface area contributed by atoms with Gasteiger partial charge in [0.2, 0.25) is 12.1 Å². The summed E-state index contributed by atoms with van der Waals surface area (Å²) < 4.78 is 10.9. The van der Waals surface area contributed by atoms with Crippen LogP contribution in [0.3, 0.4) is 0 Å². The molecule has 0 radical (unpaired) electrons. The van der Waals surface area contributed by atoms with Gasteiger partial charge < -0.3 is 14.5 Å². The smallest absolute Gasteiger partial charge is 0.304 e. The molecule has 0 amide bonds. The van der Waals surface area contributed by atoms with E-state index in [4.69, 9.17) is 21.1 Å². The molecule has 0 bridgehead atoms. The molecule has 0 spiro atoms. The van der Waals surface area contributed by atoms with Crippen molar-refractivity contribution in [2.24, 2.45) is 0 Å².